The van der Waals surface area contributed by atoms with Gasteiger partial charge in [0.25, 0.3) is 0 Å². The Morgan fingerprint density at radius 2 is 1.86 bits per heavy atom. The van der Waals surface area contributed by atoms with Gasteiger partial charge in [0.05, 0.1) is 4.92 Å². The standard InChI is InChI=1S/C15H16N4O3/c1-11-4-6-12(7-5-11)22-15-13(19(20)21)14(16-10-17-15)18-8-2-3-9-18/h4-7,10H,2-3,8-9H2,1H3. The third-order valence-corrected chi connectivity index (χ3v) is 3.59. The van der Waals surface area contributed by atoms with Gasteiger partial charge in [-0.1, -0.05) is 17.7 Å². The number of rotatable bonds is 4. The van der Waals surface area contributed by atoms with Gasteiger partial charge in [0.2, 0.25) is 5.82 Å². The molecule has 1 aromatic carbocycles. The molecular weight excluding hydrogens is 284 g/mol. The molecule has 0 saturated carbocycles. The third-order valence-electron chi connectivity index (χ3n) is 3.59. The number of benzene rings is 1. The molecule has 0 spiro atoms. The van der Waals surface area contributed by atoms with Gasteiger partial charge >= 0.3 is 11.6 Å². The van der Waals surface area contributed by atoms with Crippen LogP contribution in [-0.2, 0) is 0 Å². The molecule has 114 valence electrons. The van der Waals surface area contributed by atoms with Crippen LogP contribution in [0.2, 0.25) is 0 Å². The number of aryl methyl sites for hydroxylation is 1. The normalized spacial score (nSPS) is 14.1. The van der Waals surface area contributed by atoms with Crippen molar-refractivity contribution in [3.8, 4) is 11.6 Å². The Labute approximate surface area is 127 Å². The van der Waals surface area contributed by atoms with E-state index in [1.54, 1.807) is 12.1 Å². The Morgan fingerprint density at radius 1 is 1.18 bits per heavy atom. The Kier molecular flexibility index (Phi) is 3.86. The molecule has 7 heteroatoms. The molecule has 1 aliphatic heterocycles. The fourth-order valence-corrected chi connectivity index (χ4v) is 2.47. The van der Waals surface area contributed by atoms with Crippen molar-refractivity contribution in [3.63, 3.8) is 0 Å². The maximum Gasteiger partial charge on any atom is 0.373 e. The van der Waals surface area contributed by atoms with Gasteiger partial charge in [0.15, 0.2) is 0 Å². The predicted molar refractivity (Wildman–Crippen MR) is 81.4 cm³/mol. The van der Waals surface area contributed by atoms with Crippen molar-refractivity contribution < 1.29 is 9.66 Å². The number of anilines is 1. The summed E-state index contributed by atoms with van der Waals surface area (Å²) < 4.78 is 5.61. The van der Waals surface area contributed by atoms with Crippen LogP contribution in [-0.4, -0.2) is 28.0 Å². The maximum atomic E-state index is 11.5. The summed E-state index contributed by atoms with van der Waals surface area (Å²) in [4.78, 5) is 20.9. The van der Waals surface area contributed by atoms with E-state index in [0.717, 1.165) is 31.5 Å². The Balaban J connectivity index is 1.97. The molecule has 0 N–H and O–H groups in total. The van der Waals surface area contributed by atoms with E-state index in [1.165, 1.54) is 6.33 Å². The molecule has 2 heterocycles. The molecule has 0 unspecified atom stereocenters. The molecule has 7 nitrogen and oxygen atoms in total. The molecule has 0 amide bonds. The Morgan fingerprint density at radius 3 is 2.50 bits per heavy atom. The fraction of sp³-hybridized carbons (Fsp3) is 0.333. The van der Waals surface area contributed by atoms with Gasteiger partial charge in [-0.25, -0.2) is 4.98 Å². The highest BCUT2D eigenvalue weighted by atomic mass is 16.6. The minimum atomic E-state index is -0.475. The minimum absolute atomic E-state index is 0.0225. The van der Waals surface area contributed by atoms with Gasteiger partial charge in [-0.05, 0) is 31.9 Å². The average molecular weight is 300 g/mol. The second-order valence-corrected chi connectivity index (χ2v) is 5.22. The summed E-state index contributed by atoms with van der Waals surface area (Å²) >= 11 is 0. The smallest absolute Gasteiger partial charge is 0.373 e. The number of nitrogens with zero attached hydrogens (tertiary/aromatic N) is 4. The molecular formula is C15H16N4O3. The largest absolute Gasteiger partial charge is 0.434 e. The first-order chi connectivity index (χ1) is 10.6. The Hall–Kier alpha value is -2.70. The first-order valence-corrected chi connectivity index (χ1v) is 7.14. The van der Waals surface area contributed by atoms with E-state index < -0.39 is 4.92 Å². The van der Waals surface area contributed by atoms with Crippen LogP contribution in [0.1, 0.15) is 18.4 Å². The van der Waals surface area contributed by atoms with Gasteiger partial charge in [-0.3, -0.25) is 10.1 Å². The van der Waals surface area contributed by atoms with E-state index in [9.17, 15) is 10.1 Å². The van der Waals surface area contributed by atoms with Gasteiger partial charge in [-0.2, -0.15) is 4.98 Å². The van der Waals surface area contributed by atoms with Crippen LogP contribution in [0.25, 0.3) is 0 Å². The maximum absolute atomic E-state index is 11.5. The second kappa shape index (κ2) is 5.97. The topological polar surface area (TPSA) is 81.4 Å². The number of hydrogen-bond donors (Lipinski definition) is 0. The van der Waals surface area contributed by atoms with Crippen molar-refractivity contribution in [1.82, 2.24) is 9.97 Å². The molecule has 2 aromatic rings. The number of ether oxygens (including phenoxy) is 1. The monoisotopic (exact) mass is 300 g/mol. The first-order valence-electron chi connectivity index (χ1n) is 7.14. The summed E-state index contributed by atoms with van der Waals surface area (Å²) in [5.41, 5.74) is 0.910. The molecule has 1 saturated heterocycles. The molecule has 1 aromatic heterocycles. The van der Waals surface area contributed by atoms with Crippen LogP contribution in [0.4, 0.5) is 11.5 Å². The molecule has 1 aliphatic rings. The van der Waals surface area contributed by atoms with E-state index in [2.05, 4.69) is 9.97 Å². The van der Waals surface area contributed by atoms with Crippen LogP contribution in [0.15, 0.2) is 30.6 Å². The molecule has 22 heavy (non-hydrogen) atoms. The van der Waals surface area contributed by atoms with E-state index in [1.807, 2.05) is 24.0 Å². The van der Waals surface area contributed by atoms with Crippen LogP contribution >= 0.6 is 0 Å². The summed E-state index contributed by atoms with van der Waals surface area (Å²) in [7, 11) is 0. The Bertz CT molecular complexity index is 682. The van der Waals surface area contributed by atoms with Crippen molar-refractivity contribution in [3.05, 3.63) is 46.3 Å². The van der Waals surface area contributed by atoms with E-state index in [4.69, 9.17) is 4.74 Å². The zero-order valence-corrected chi connectivity index (χ0v) is 12.2. The lowest BCUT2D eigenvalue weighted by atomic mass is 10.2. The molecule has 0 atom stereocenters. The predicted octanol–water partition coefficient (Wildman–Crippen LogP) is 3.09. The van der Waals surface area contributed by atoms with Crippen LogP contribution in [0.3, 0.4) is 0 Å². The van der Waals surface area contributed by atoms with E-state index >= 15 is 0 Å². The zero-order chi connectivity index (χ0) is 15.5. The van der Waals surface area contributed by atoms with Crippen LogP contribution < -0.4 is 9.64 Å². The number of hydrogen-bond acceptors (Lipinski definition) is 6. The highest BCUT2D eigenvalue weighted by molar-refractivity contribution is 5.63. The quantitative estimate of drug-likeness (QED) is 0.637. The van der Waals surface area contributed by atoms with Crippen molar-refractivity contribution in [1.29, 1.82) is 0 Å². The molecule has 1 fully saturated rings. The van der Waals surface area contributed by atoms with Crippen molar-refractivity contribution in [2.45, 2.75) is 19.8 Å². The summed E-state index contributed by atoms with van der Waals surface area (Å²) in [5.74, 6) is 0.824. The van der Waals surface area contributed by atoms with Gasteiger partial charge < -0.3 is 9.64 Å². The zero-order valence-electron chi connectivity index (χ0n) is 12.2. The SMILES string of the molecule is Cc1ccc(Oc2ncnc(N3CCCC3)c2[N+](=O)[O-])cc1. The van der Waals surface area contributed by atoms with Crippen molar-refractivity contribution in [2.24, 2.45) is 0 Å². The summed E-state index contributed by atoms with van der Waals surface area (Å²) in [6, 6.07) is 7.28. The van der Waals surface area contributed by atoms with E-state index in [-0.39, 0.29) is 11.6 Å². The number of nitro groups is 1. The lowest BCUT2D eigenvalue weighted by molar-refractivity contribution is -0.385. The molecule has 0 bridgehead atoms. The van der Waals surface area contributed by atoms with E-state index in [0.29, 0.717) is 11.6 Å². The minimum Gasteiger partial charge on any atom is -0.434 e. The van der Waals surface area contributed by atoms with Crippen molar-refractivity contribution in [2.75, 3.05) is 18.0 Å². The summed E-state index contributed by atoms with van der Waals surface area (Å²) in [6.45, 7) is 3.49. The highest BCUT2D eigenvalue weighted by Gasteiger charge is 2.29. The lowest BCUT2D eigenvalue weighted by Gasteiger charge is -2.16. The fourth-order valence-electron chi connectivity index (χ4n) is 2.47. The summed E-state index contributed by atoms with van der Waals surface area (Å²) in [5, 5.41) is 11.5. The molecule has 0 aliphatic carbocycles. The number of aromatic nitrogens is 2. The average Bonchev–Trinajstić information content (AvgIpc) is 3.03. The van der Waals surface area contributed by atoms with Crippen LogP contribution in [0.5, 0.6) is 11.6 Å². The third kappa shape index (κ3) is 2.83. The van der Waals surface area contributed by atoms with Gasteiger partial charge in [-0.15, -0.1) is 0 Å². The second-order valence-electron chi connectivity index (χ2n) is 5.22. The first kappa shape index (κ1) is 14.2. The summed E-state index contributed by atoms with van der Waals surface area (Å²) in [6.07, 6.45) is 3.33. The van der Waals surface area contributed by atoms with Gasteiger partial charge in [0.1, 0.15) is 12.1 Å². The lowest BCUT2D eigenvalue weighted by Crippen LogP contribution is -2.20. The van der Waals surface area contributed by atoms with Crippen molar-refractivity contribution >= 4 is 11.5 Å². The highest BCUT2D eigenvalue weighted by Crippen LogP contribution is 2.37. The van der Waals surface area contributed by atoms with Crippen LogP contribution in [0, 0.1) is 17.0 Å². The molecule has 3 rings (SSSR count). The molecule has 0 radical (unpaired) electrons. The van der Waals surface area contributed by atoms with Gasteiger partial charge in [0, 0.05) is 13.1 Å².